The van der Waals surface area contributed by atoms with Crippen LogP contribution in [-0.2, 0) is 16.0 Å². The van der Waals surface area contributed by atoms with Crippen LogP contribution in [0.3, 0.4) is 0 Å². The quantitative estimate of drug-likeness (QED) is 0.595. The Morgan fingerprint density at radius 1 is 1.33 bits per heavy atom. The Labute approximate surface area is 171 Å². The van der Waals surface area contributed by atoms with E-state index in [0.717, 1.165) is 20.1 Å². The number of rotatable bonds is 4. The lowest BCUT2D eigenvalue weighted by molar-refractivity contribution is -0.122. The number of ether oxygens (including phenoxy) is 1. The third-order valence-electron chi connectivity index (χ3n) is 3.87. The van der Waals surface area contributed by atoms with Gasteiger partial charge in [-0.05, 0) is 47.1 Å². The van der Waals surface area contributed by atoms with E-state index >= 15 is 0 Å². The number of aromatic nitrogens is 1. The van der Waals surface area contributed by atoms with Crippen molar-refractivity contribution >= 4 is 61.8 Å². The highest BCUT2D eigenvalue weighted by Crippen LogP contribution is 2.33. The smallest absolute Gasteiger partial charge is 0.265 e. The van der Waals surface area contributed by atoms with E-state index < -0.39 is 6.10 Å². The van der Waals surface area contributed by atoms with Crippen LogP contribution in [0, 0.1) is 0 Å². The Kier molecular flexibility index (Phi) is 4.98. The van der Waals surface area contributed by atoms with Crippen molar-refractivity contribution < 1.29 is 14.3 Å². The molecule has 0 saturated heterocycles. The molecule has 0 spiro atoms. The molecule has 0 radical (unpaired) electrons. The Morgan fingerprint density at radius 2 is 2.19 bits per heavy atom. The summed E-state index contributed by atoms with van der Waals surface area (Å²) in [5.74, 6) is 0.211. The maximum atomic E-state index is 12.3. The van der Waals surface area contributed by atoms with E-state index in [0.29, 0.717) is 17.1 Å². The summed E-state index contributed by atoms with van der Waals surface area (Å²) in [6, 6.07) is 7.18. The number of halogens is 1. The molecule has 9 heteroatoms. The van der Waals surface area contributed by atoms with Gasteiger partial charge in [-0.25, -0.2) is 4.98 Å². The molecule has 0 bridgehead atoms. The highest BCUT2D eigenvalue weighted by atomic mass is 79.9. The number of nitrogens with one attached hydrogen (secondary N) is 2. The number of hydrogen-bond donors (Lipinski definition) is 2. The van der Waals surface area contributed by atoms with Crippen molar-refractivity contribution in [3.8, 4) is 15.6 Å². The molecule has 3 aromatic rings. The molecule has 2 N–H and O–H groups in total. The second-order valence-electron chi connectivity index (χ2n) is 5.96. The number of benzene rings is 1. The van der Waals surface area contributed by atoms with Gasteiger partial charge in [0.25, 0.3) is 5.91 Å². The van der Waals surface area contributed by atoms with Crippen LogP contribution in [-0.4, -0.2) is 22.9 Å². The van der Waals surface area contributed by atoms with Gasteiger partial charge in [0.05, 0.1) is 22.7 Å². The molecule has 1 unspecified atom stereocenters. The molecule has 3 heterocycles. The number of fused-ring (bicyclic) bond motifs is 1. The van der Waals surface area contributed by atoms with E-state index in [1.807, 2.05) is 16.8 Å². The van der Waals surface area contributed by atoms with Crippen LogP contribution >= 0.6 is 38.6 Å². The fourth-order valence-corrected chi connectivity index (χ4v) is 4.91. The molecule has 27 heavy (non-hydrogen) atoms. The monoisotopic (exact) mass is 463 g/mol. The van der Waals surface area contributed by atoms with Crippen molar-refractivity contribution in [1.29, 1.82) is 0 Å². The van der Waals surface area contributed by atoms with E-state index in [2.05, 4.69) is 31.5 Å². The molecule has 1 aromatic carbocycles. The van der Waals surface area contributed by atoms with Crippen LogP contribution in [0.1, 0.15) is 12.6 Å². The van der Waals surface area contributed by atoms with Gasteiger partial charge in [-0.1, -0.05) is 0 Å². The zero-order valence-electron chi connectivity index (χ0n) is 14.1. The van der Waals surface area contributed by atoms with Gasteiger partial charge in [0.1, 0.15) is 10.8 Å². The topological polar surface area (TPSA) is 80.3 Å². The Bertz CT molecular complexity index is 1030. The van der Waals surface area contributed by atoms with E-state index in [1.54, 1.807) is 36.5 Å². The summed E-state index contributed by atoms with van der Waals surface area (Å²) in [6.45, 7) is 1.69. The summed E-state index contributed by atoms with van der Waals surface area (Å²) in [7, 11) is 0. The average molecular weight is 464 g/mol. The predicted molar refractivity (Wildman–Crippen MR) is 111 cm³/mol. The molecule has 1 aliphatic rings. The number of anilines is 2. The van der Waals surface area contributed by atoms with Gasteiger partial charge < -0.3 is 15.4 Å². The van der Waals surface area contributed by atoms with Crippen molar-refractivity contribution in [3.05, 3.63) is 45.2 Å². The number of thiazole rings is 1. The maximum Gasteiger partial charge on any atom is 0.265 e. The van der Waals surface area contributed by atoms with Gasteiger partial charge >= 0.3 is 0 Å². The second-order valence-corrected chi connectivity index (χ2v) is 8.64. The van der Waals surface area contributed by atoms with Crippen LogP contribution in [0.15, 0.2) is 39.5 Å². The standard InChI is InChI=1S/C18H14BrN3O3S2/c1-9-17(24)22-13-5-11(2-3-14(13)25-9)20-16(23)6-12-8-27-18(21-12)15-4-10(19)7-26-15/h2-5,7-9H,6H2,1H3,(H,20,23)(H,22,24). The number of hydrogen-bond acceptors (Lipinski definition) is 6. The van der Waals surface area contributed by atoms with E-state index in [4.69, 9.17) is 4.74 Å². The third kappa shape index (κ3) is 4.05. The first-order chi connectivity index (χ1) is 13.0. The van der Waals surface area contributed by atoms with Gasteiger partial charge in [0.15, 0.2) is 6.10 Å². The van der Waals surface area contributed by atoms with Crippen LogP contribution in [0.5, 0.6) is 5.75 Å². The minimum atomic E-state index is -0.527. The largest absolute Gasteiger partial charge is 0.479 e. The molecule has 2 amide bonds. The predicted octanol–water partition coefficient (Wildman–Crippen LogP) is 4.53. The first-order valence-corrected chi connectivity index (χ1v) is 10.6. The number of carbonyl (C=O) groups excluding carboxylic acids is 2. The number of carbonyl (C=O) groups is 2. The first-order valence-electron chi connectivity index (χ1n) is 8.08. The highest BCUT2D eigenvalue weighted by Gasteiger charge is 2.23. The van der Waals surface area contributed by atoms with E-state index in [-0.39, 0.29) is 18.2 Å². The lowest BCUT2D eigenvalue weighted by Gasteiger charge is -2.23. The second kappa shape index (κ2) is 7.41. The molecule has 138 valence electrons. The molecule has 1 aliphatic heterocycles. The summed E-state index contributed by atoms with van der Waals surface area (Å²) in [5.41, 5.74) is 1.87. The van der Waals surface area contributed by atoms with Crippen molar-refractivity contribution in [3.63, 3.8) is 0 Å². The van der Waals surface area contributed by atoms with Crippen molar-refractivity contribution in [1.82, 2.24) is 4.98 Å². The van der Waals surface area contributed by atoms with Gasteiger partial charge in [-0.3, -0.25) is 9.59 Å². The first kappa shape index (κ1) is 18.1. The minimum absolute atomic E-state index is 0.171. The number of amides is 2. The van der Waals surface area contributed by atoms with Crippen LogP contribution in [0.4, 0.5) is 11.4 Å². The number of thiophene rings is 1. The SMILES string of the molecule is CC1Oc2ccc(NC(=O)Cc3csc(-c4cc(Br)cs4)n3)cc2NC1=O. The molecule has 0 saturated carbocycles. The zero-order valence-corrected chi connectivity index (χ0v) is 17.3. The van der Waals surface area contributed by atoms with E-state index in [9.17, 15) is 9.59 Å². The molecule has 1 atom stereocenters. The summed E-state index contributed by atoms with van der Waals surface area (Å²) in [5, 5.41) is 10.4. The Hall–Kier alpha value is -2.23. The summed E-state index contributed by atoms with van der Waals surface area (Å²) >= 11 is 6.56. The lowest BCUT2D eigenvalue weighted by Crippen LogP contribution is -2.34. The van der Waals surface area contributed by atoms with Crippen LogP contribution in [0.2, 0.25) is 0 Å². The van der Waals surface area contributed by atoms with Crippen molar-refractivity contribution in [2.75, 3.05) is 10.6 Å². The lowest BCUT2D eigenvalue weighted by atomic mass is 10.2. The van der Waals surface area contributed by atoms with Crippen molar-refractivity contribution in [2.24, 2.45) is 0 Å². The molecular weight excluding hydrogens is 450 g/mol. The Morgan fingerprint density at radius 3 is 2.96 bits per heavy atom. The highest BCUT2D eigenvalue weighted by molar-refractivity contribution is 9.10. The molecule has 4 rings (SSSR count). The van der Waals surface area contributed by atoms with Gasteiger partial charge in [0.2, 0.25) is 5.91 Å². The fraction of sp³-hybridized carbons (Fsp3) is 0.167. The summed E-state index contributed by atoms with van der Waals surface area (Å²) in [6.07, 6.45) is -0.346. The van der Waals surface area contributed by atoms with Crippen molar-refractivity contribution in [2.45, 2.75) is 19.4 Å². The molecular formula is C18H14BrN3O3S2. The fourth-order valence-electron chi connectivity index (χ4n) is 2.58. The zero-order chi connectivity index (χ0) is 19.0. The minimum Gasteiger partial charge on any atom is -0.479 e. The van der Waals surface area contributed by atoms with Gasteiger partial charge in [-0.15, -0.1) is 22.7 Å². The van der Waals surface area contributed by atoms with Gasteiger partial charge in [-0.2, -0.15) is 0 Å². The van der Waals surface area contributed by atoms with E-state index in [1.165, 1.54) is 11.3 Å². The molecule has 2 aromatic heterocycles. The summed E-state index contributed by atoms with van der Waals surface area (Å²) < 4.78 is 6.53. The van der Waals surface area contributed by atoms with Gasteiger partial charge in [0, 0.05) is 20.9 Å². The molecule has 0 aliphatic carbocycles. The maximum absolute atomic E-state index is 12.3. The normalized spacial score (nSPS) is 15.6. The summed E-state index contributed by atoms with van der Waals surface area (Å²) in [4.78, 5) is 29.7. The molecule has 6 nitrogen and oxygen atoms in total. The molecule has 0 fully saturated rings. The van der Waals surface area contributed by atoms with Crippen LogP contribution < -0.4 is 15.4 Å². The Balaban J connectivity index is 1.42. The third-order valence-corrected chi connectivity index (χ3v) is 6.62. The average Bonchev–Trinajstić information content (AvgIpc) is 3.25. The van der Waals surface area contributed by atoms with Crippen LogP contribution in [0.25, 0.3) is 9.88 Å². The number of nitrogens with zero attached hydrogens (tertiary/aromatic N) is 1.